The average Bonchev–Trinajstić information content (AvgIpc) is 2.81. The van der Waals surface area contributed by atoms with Crippen LogP contribution >= 0.6 is 0 Å². The van der Waals surface area contributed by atoms with Crippen LogP contribution in [-0.4, -0.2) is 59.5 Å². The summed E-state index contributed by atoms with van der Waals surface area (Å²) >= 11 is 0. The highest BCUT2D eigenvalue weighted by atomic mass is 16.1. The smallest absolute Gasteiger partial charge is 0.204 e. The molecular weight excluding hydrogens is 268 g/mol. The van der Waals surface area contributed by atoms with E-state index >= 15 is 0 Å². The van der Waals surface area contributed by atoms with Crippen molar-refractivity contribution >= 4 is 23.3 Å². The van der Waals surface area contributed by atoms with Crippen LogP contribution in [0, 0.1) is 13.8 Å². The van der Waals surface area contributed by atoms with Crippen LogP contribution in [0.4, 0.5) is 5.82 Å². The Kier molecular flexibility index (Phi) is 4.74. The summed E-state index contributed by atoms with van der Waals surface area (Å²) in [7, 11) is 2.17. The minimum absolute atomic E-state index is 0.250. The maximum Gasteiger partial charge on any atom is 0.204 e. The Morgan fingerprint density at radius 3 is 2.48 bits per heavy atom. The zero-order chi connectivity index (χ0) is 15.4. The van der Waals surface area contributed by atoms with E-state index in [0.29, 0.717) is 0 Å². The van der Waals surface area contributed by atoms with Crippen molar-refractivity contribution in [1.29, 1.82) is 0 Å². The fourth-order valence-electron chi connectivity index (χ4n) is 2.52. The van der Waals surface area contributed by atoms with E-state index in [0.717, 1.165) is 43.5 Å². The lowest BCUT2D eigenvalue weighted by molar-refractivity contribution is -0.106. The number of aromatic amines is 1. The zero-order valence-electron chi connectivity index (χ0n) is 12.8. The molecule has 21 heavy (non-hydrogen) atoms. The molecule has 0 spiro atoms. The van der Waals surface area contributed by atoms with Crippen molar-refractivity contribution in [2.75, 3.05) is 38.1 Å². The van der Waals surface area contributed by atoms with Crippen LogP contribution in [0.3, 0.4) is 0 Å². The number of H-pyrrole nitrogens is 1. The number of anilines is 1. The summed E-state index contributed by atoms with van der Waals surface area (Å²) in [5.41, 5.74) is 6.34. The predicted octanol–water partition coefficient (Wildman–Crippen LogP) is 0.428. The van der Waals surface area contributed by atoms with E-state index < -0.39 is 0 Å². The lowest BCUT2D eigenvalue weighted by Crippen LogP contribution is -2.45. The first-order valence-electron chi connectivity index (χ1n) is 6.98. The molecule has 1 aliphatic rings. The van der Waals surface area contributed by atoms with Gasteiger partial charge in [0.25, 0.3) is 0 Å². The molecule has 3 rings (SSSR count). The minimum Gasteiger partial charge on any atom is -0.372 e. The summed E-state index contributed by atoms with van der Waals surface area (Å²) in [6, 6.07) is 0. The van der Waals surface area contributed by atoms with Crippen molar-refractivity contribution < 1.29 is 4.79 Å². The Morgan fingerprint density at radius 2 is 1.86 bits per heavy atom. The largest absolute Gasteiger partial charge is 0.372 e. The van der Waals surface area contributed by atoms with Gasteiger partial charge in [-0.25, -0.2) is 9.97 Å². The Hall–Kier alpha value is -2.15. The van der Waals surface area contributed by atoms with Crippen molar-refractivity contribution in [3.8, 4) is 0 Å². The van der Waals surface area contributed by atoms with Gasteiger partial charge in [-0.05, 0) is 26.5 Å². The van der Waals surface area contributed by atoms with Gasteiger partial charge in [0.2, 0.25) is 6.41 Å². The number of aromatic nitrogens is 3. The van der Waals surface area contributed by atoms with E-state index in [9.17, 15) is 0 Å². The highest BCUT2D eigenvalue weighted by Crippen LogP contribution is 2.27. The number of likely N-dealkylation sites (N-methyl/N-ethyl adjacent to an activating group) is 1. The number of nitrogens with one attached hydrogen (secondary N) is 1. The first kappa shape index (κ1) is 15.2. The highest BCUT2D eigenvalue weighted by molar-refractivity contribution is 5.90. The van der Waals surface area contributed by atoms with Crippen LogP contribution in [-0.2, 0) is 4.79 Å². The van der Waals surface area contributed by atoms with Gasteiger partial charge in [0, 0.05) is 32.4 Å². The van der Waals surface area contributed by atoms with Gasteiger partial charge < -0.3 is 20.5 Å². The fraction of sp³-hybridized carbons (Fsp3) is 0.500. The maximum atomic E-state index is 8.58. The summed E-state index contributed by atoms with van der Waals surface area (Å²) < 4.78 is 0. The van der Waals surface area contributed by atoms with Gasteiger partial charge in [0.05, 0.1) is 5.39 Å². The van der Waals surface area contributed by atoms with Crippen LogP contribution in [0.15, 0.2) is 6.20 Å². The van der Waals surface area contributed by atoms with E-state index in [1.165, 1.54) is 10.9 Å². The van der Waals surface area contributed by atoms with Gasteiger partial charge in [-0.15, -0.1) is 0 Å². The number of primary amides is 1. The Morgan fingerprint density at radius 1 is 1.24 bits per heavy atom. The molecular formula is C14H22N6O. The molecule has 2 aromatic rings. The fourth-order valence-corrected chi connectivity index (χ4v) is 2.52. The normalized spacial score (nSPS) is 15.7. The molecule has 0 aliphatic carbocycles. The third-order valence-electron chi connectivity index (χ3n) is 3.62. The minimum atomic E-state index is 0.250. The average molecular weight is 290 g/mol. The number of hydrogen-bond donors (Lipinski definition) is 2. The van der Waals surface area contributed by atoms with Gasteiger partial charge in [-0.2, -0.15) is 0 Å². The van der Waals surface area contributed by atoms with Crippen molar-refractivity contribution in [3.63, 3.8) is 0 Å². The van der Waals surface area contributed by atoms with E-state index in [2.05, 4.69) is 44.5 Å². The molecule has 0 unspecified atom stereocenters. The van der Waals surface area contributed by atoms with Gasteiger partial charge in [-0.3, -0.25) is 4.79 Å². The summed E-state index contributed by atoms with van der Waals surface area (Å²) in [6.45, 7) is 8.31. The number of rotatable bonds is 1. The molecule has 1 amide bonds. The third kappa shape index (κ3) is 3.30. The van der Waals surface area contributed by atoms with Crippen molar-refractivity contribution in [3.05, 3.63) is 17.6 Å². The Bertz CT molecular complexity index is 615. The van der Waals surface area contributed by atoms with Crippen LogP contribution in [0.5, 0.6) is 0 Å². The Labute approximate surface area is 124 Å². The second-order valence-corrected chi connectivity index (χ2v) is 5.22. The van der Waals surface area contributed by atoms with Gasteiger partial charge in [-0.1, -0.05) is 0 Å². The molecule has 7 heteroatoms. The van der Waals surface area contributed by atoms with Gasteiger partial charge in [0.15, 0.2) is 0 Å². The number of piperazine rings is 1. The lowest BCUT2D eigenvalue weighted by atomic mass is 10.2. The topological polar surface area (TPSA) is 91.1 Å². The molecule has 0 atom stereocenters. The van der Waals surface area contributed by atoms with Crippen LogP contribution in [0.25, 0.3) is 11.0 Å². The summed E-state index contributed by atoms with van der Waals surface area (Å²) in [5.74, 6) is 1.92. The number of carbonyl (C=O) groups excluding carboxylic acids is 1. The maximum absolute atomic E-state index is 8.58. The molecule has 1 saturated heterocycles. The summed E-state index contributed by atoms with van der Waals surface area (Å²) in [5, 5.41) is 1.17. The number of carbonyl (C=O) groups is 1. The van der Waals surface area contributed by atoms with Gasteiger partial charge >= 0.3 is 0 Å². The second-order valence-electron chi connectivity index (χ2n) is 5.22. The summed E-state index contributed by atoms with van der Waals surface area (Å²) in [6.07, 6.45) is 2.26. The molecule has 0 saturated carbocycles. The number of aryl methyl sites for hydroxylation is 2. The third-order valence-corrected chi connectivity index (χ3v) is 3.62. The predicted molar refractivity (Wildman–Crippen MR) is 83.3 cm³/mol. The standard InChI is InChI=1S/C13H19N5.CH3NO/c1-9-8-14-12-11(9)13(16-10(2)15-12)18-6-4-17(3)5-7-18;2-1-3/h8H,4-7H2,1-3H3,(H,14,15,16);1H,(H2,2,3). The highest BCUT2D eigenvalue weighted by Gasteiger charge is 2.19. The number of amides is 1. The first-order chi connectivity index (χ1) is 10.1. The second kappa shape index (κ2) is 6.53. The van der Waals surface area contributed by atoms with E-state index in [1.54, 1.807) is 0 Å². The molecule has 1 fully saturated rings. The molecule has 3 heterocycles. The molecule has 7 nitrogen and oxygen atoms in total. The van der Waals surface area contributed by atoms with E-state index in [1.807, 2.05) is 13.1 Å². The monoisotopic (exact) mass is 290 g/mol. The molecule has 1 aliphatic heterocycles. The molecule has 0 bridgehead atoms. The van der Waals surface area contributed by atoms with Crippen molar-refractivity contribution in [2.24, 2.45) is 5.73 Å². The van der Waals surface area contributed by atoms with Gasteiger partial charge in [0.1, 0.15) is 17.3 Å². The van der Waals surface area contributed by atoms with Crippen LogP contribution in [0.1, 0.15) is 11.4 Å². The number of nitrogens with two attached hydrogens (primary N) is 1. The molecule has 114 valence electrons. The number of hydrogen-bond acceptors (Lipinski definition) is 5. The van der Waals surface area contributed by atoms with Crippen LogP contribution < -0.4 is 10.6 Å². The molecule has 2 aromatic heterocycles. The quantitative estimate of drug-likeness (QED) is 0.743. The van der Waals surface area contributed by atoms with Crippen molar-refractivity contribution in [1.82, 2.24) is 19.9 Å². The SMILES string of the molecule is Cc1nc(N2CCN(C)CC2)c2c(C)c[nH]c2n1.NC=O. The first-order valence-corrected chi connectivity index (χ1v) is 6.98. The Balaban J connectivity index is 0.000000497. The number of fused-ring (bicyclic) bond motifs is 1. The lowest BCUT2D eigenvalue weighted by Gasteiger charge is -2.33. The zero-order valence-corrected chi connectivity index (χ0v) is 12.8. The summed E-state index contributed by atoms with van der Waals surface area (Å²) in [4.78, 5) is 25.7. The van der Waals surface area contributed by atoms with Crippen molar-refractivity contribution in [2.45, 2.75) is 13.8 Å². The van der Waals surface area contributed by atoms with E-state index in [-0.39, 0.29) is 6.41 Å². The van der Waals surface area contributed by atoms with Crippen LogP contribution in [0.2, 0.25) is 0 Å². The molecule has 0 aromatic carbocycles. The molecule has 3 N–H and O–H groups in total. The molecule has 0 radical (unpaired) electrons. The van der Waals surface area contributed by atoms with E-state index in [4.69, 9.17) is 4.79 Å². The number of nitrogens with zero attached hydrogens (tertiary/aromatic N) is 4.